The molecule has 2 aromatic rings. The number of anilines is 2. The Morgan fingerprint density at radius 3 is 2.37 bits per heavy atom. The average Bonchev–Trinajstić information content (AvgIpc) is 2.42. The van der Waals surface area contributed by atoms with Crippen LogP contribution in [-0.2, 0) is 0 Å². The van der Waals surface area contributed by atoms with Crippen LogP contribution in [0.15, 0.2) is 48.5 Å². The summed E-state index contributed by atoms with van der Waals surface area (Å²) in [5.74, 6) is 0. The molecule has 94 valence electrons. The third-order valence-corrected chi connectivity index (χ3v) is 3.33. The minimum atomic E-state index is -0.311. The van der Waals surface area contributed by atoms with Crippen molar-refractivity contribution in [2.24, 2.45) is 0 Å². The van der Waals surface area contributed by atoms with Crippen molar-refractivity contribution >= 4 is 40.0 Å². The maximum atomic E-state index is 11.8. The van der Waals surface area contributed by atoms with E-state index in [9.17, 15) is 4.79 Å². The van der Waals surface area contributed by atoms with Gasteiger partial charge in [-0.05, 0) is 59.0 Å². The number of nitrogens with one attached hydrogen (secondary N) is 2. The van der Waals surface area contributed by atoms with E-state index < -0.39 is 0 Å². The van der Waals surface area contributed by atoms with Gasteiger partial charge in [0.15, 0.2) is 0 Å². The molecule has 5 heteroatoms. The molecule has 0 fully saturated rings. The summed E-state index contributed by atoms with van der Waals surface area (Å²) in [6, 6.07) is 15.9. The van der Waals surface area contributed by atoms with Gasteiger partial charge in [0.05, 0.1) is 17.3 Å². The number of urea groups is 1. The molecular weight excluding hydrogens is 353 g/mol. The molecule has 0 spiro atoms. The summed E-state index contributed by atoms with van der Waals surface area (Å²) in [5, 5.41) is 14.2. The zero-order valence-corrected chi connectivity index (χ0v) is 12.0. The Morgan fingerprint density at radius 1 is 1.05 bits per heavy atom. The fourth-order valence-electron chi connectivity index (χ4n) is 1.48. The molecule has 0 aliphatic heterocycles. The molecule has 2 rings (SSSR count). The number of nitrogens with zero attached hydrogens (tertiary/aromatic N) is 1. The highest BCUT2D eigenvalue weighted by Crippen LogP contribution is 2.17. The molecule has 0 aliphatic rings. The van der Waals surface area contributed by atoms with Crippen LogP contribution < -0.4 is 10.6 Å². The fraction of sp³-hybridized carbons (Fsp3) is 0. The lowest BCUT2D eigenvalue weighted by Gasteiger charge is -2.08. The van der Waals surface area contributed by atoms with Crippen molar-refractivity contribution in [3.63, 3.8) is 0 Å². The predicted molar refractivity (Wildman–Crippen MR) is 83.0 cm³/mol. The number of carbonyl (C=O) groups is 1. The molecule has 0 atom stereocenters. The van der Waals surface area contributed by atoms with Gasteiger partial charge >= 0.3 is 6.03 Å². The number of benzene rings is 2. The van der Waals surface area contributed by atoms with Gasteiger partial charge in [-0.25, -0.2) is 4.79 Å². The number of hydrogen-bond donors (Lipinski definition) is 2. The van der Waals surface area contributed by atoms with Crippen LogP contribution in [-0.4, -0.2) is 6.03 Å². The normalized spacial score (nSPS) is 9.47. The van der Waals surface area contributed by atoms with E-state index in [2.05, 4.69) is 33.2 Å². The van der Waals surface area contributed by atoms with E-state index in [1.54, 1.807) is 24.3 Å². The highest BCUT2D eigenvalue weighted by atomic mass is 127. The van der Waals surface area contributed by atoms with E-state index in [4.69, 9.17) is 5.26 Å². The summed E-state index contributed by atoms with van der Waals surface area (Å²) in [6.45, 7) is 0. The number of nitriles is 1. The van der Waals surface area contributed by atoms with Crippen LogP contribution in [0.5, 0.6) is 0 Å². The Bertz CT molecular complexity index is 632. The standard InChI is InChI=1S/C14H10IN3O/c15-12-3-1-2-4-13(12)18-14(19)17-11-7-5-10(9-16)6-8-11/h1-8H,(H2,17,18,19). The maximum absolute atomic E-state index is 11.8. The van der Waals surface area contributed by atoms with Crippen LogP contribution in [0.3, 0.4) is 0 Å². The molecule has 2 aromatic carbocycles. The summed E-state index contributed by atoms with van der Waals surface area (Å²) in [4.78, 5) is 11.8. The van der Waals surface area contributed by atoms with Gasteiger partial charge in [-0.2, -0.15) is 5.26 Å². The molecule has 0 saturated carbocycles. The van der Waals surface area contributed by atoms with Crippen molar-refractivity contribution in [1.82, 2.24) is 0 Å². The van der Waals surface area contributed by atoms with Gasteiger partial charge in [0, 0.05) is 9.26 Å². The molecule has 0 heterocycles. The van der Waals surface area contributed by atoms with Crippen molar-refractivity contribution in [2.45, 2.75) is 0 Å². The predicted octanol–water partition coefficient (Wildman–Crippen LogP) is 3.81. The van der Waals surface area contributed by atoms with Gasteiger partial charge in [0.1, 0.15) is 0 Å². The zero-order valence-electron chi connectivity index (χ0n) is 9.85. The van der Waals surface area contributed by atoms with Gasteiger partial charge in [0.2, 0.25) is 0 Å². The van der Waals surface area contributed by atoms with Crippen molar-refractivity contribution in [3.8, 4) is 6.07 Å². The first-order valence-electron chi connectivity index (χ1n) is 5.52. The van der Waals surface area contributed by atoms with E-state index in [1.165, 1.54) is 0 Å². The van der Waals surface area contributed by atoms with E-state index in [-0.39, 0.29) is 6.03 Å². The number of amides is 2. The second kappa shape index (κ2) is 6.20. The minimum Gasteiger partial charge on any atom is -0.308 e. The Balaban J connectivity index is 2.01. The fourth-order valence-corrected chi connectivity index (χ4v) is 2.00. The monoisotopic (exact) mass is 363 g/mol. The number of para-hydroxylation sites is 1. The molecule has 0 unspecified atom stereocenters. The summed E-state index contributed by atoms with van der Waals surface area (Å²) in [7, 11) is 0. The molecule has 0 aliphatic carbocycles. The molecule has 0 radical (unpaired) electrons. The molecule has 2 N–H and O–H groups in total. The Labute approximate surface area is 124 Å². The number of carbonyl (C=O) groups excluding carboxylic acids is 1. The van der Waals surface area contributed by atoms with Gasteiger partial charge in [-0.1, -0.05) is 12.1 Å². The van der Waals surface area contributed by atoms with Crippen LogP contribution in [0.25, 0.3) is 0 Å². The highest BCUT2D eigenvalue weighted by molar-refractivity contribution is 14.1. The second-order valence-electron chi connectivity index (χ2n) is 3.75. The molecule has 0 bridgehead atoms. The van der Waals surface area contributed by atoms with Crippen LogP contribution in [0.4, 0.5) is 16.2 Å². The summed E-state index contributed by atoms with van der Waals surface area (Å²) in [6.07, 6.45) is 0. The largest absolute Gasteiger partial charge is 0.323 e. The quantitative estimate of drug-likeness (QED) is 0.797. The summed E-state index contributed by atoms with van der Waals surface area (Å²) >= 11 is 2.16. The lowest BCUT2D eigenvalue weighted by molar-refractivity contribution is 0.262. The third-order valence-electron chi connectivity index (χ3n) is 2.39. The van der Waals surface area contributed by atoms with Gasteiger partial charge in [-0.15, -0.1) is 0 Å². The van der Waals surface area contributed by atoms with Crippen LogP contribution in [0, 0.1) is 14.9 Å². The topological polar surface area (TPSA) is 64.9 Å². The van der Waals surface area contributed by atoms with Gasteiger partial charge in [-0.3, -0.25) is 0 Å². The first kappa shape index (κ1) is 13.4. The lowest BCUT2D eigenvalue weighted by atomic mass is 10.2. The van der Waals surface area contributed by atoms with Gasteiger partial charge < -0.3 is 10.6 Å². The first-order valence-corrected chi connectivity index (χ1v) is 6.59. The molecule has 2 amide bonds. The Hall–Kier alpha value is -2.07. The molecule has 4 nitrogen and oxygen atoms in total. The van der Waals surface area contributed by atoms with E-state index in [0.717, 1.165) is 9.26 Å². The Kier molecular flexibility index (Phi) is 4.36. The average molecular weight is 363 g/mol. The third kappa shape index (κ3) is 3.69. The lowest BCUT2D eigenvalue weighted by Crippen LogP contribution is -2.19. The van der Waals surface area contributed by atoms with E-state index >= 15 is 0 Å². The molecular formula is C14H10IN3O. The van der Waals surface area contributed by atoms with Gasteiger partial charge in [0.25, 0.3) is 0 Å². The number of hydrogen-bond acceptors (Lipinski definition) is 2. The molecule has 19 heavy (non-hydrogen) atoms. The van der Waals surface area contributed by atoms with Crippen molar-refractivity contribution in [1.29, 1.82) is 5.26 Å². The first-order chi connectivity index (χ1) is 9.19. The molecule has 0 saturated heterocycles. The SMILES string of the molecule is N#Cc1ccc(NC(=O)Nc2ccccc2I)cc1. The van der Waals surface area contributed by atoms with Crippen LogP contribution in [0.1, 0.15) is 5.56 Å². The highest BCUT2D eigenvalue weighted by Gasteiger charge is 2.04. The van der Waals surface area contributed by atoms with E-state index in [0.29, 0.717) is 11.3 Å². The second-order valence-corrected chi connectivity index (χ2v) is 4.91. The maximum Gasteiger partial charge on any atom is 0.323 e. The van der Waals surface area contributed by atoms with Crippen molar-refractivity contribution in [3.05, 3.63) is 57.7 Å². The minimum absolute atomic E-state index is 0.311. The van der Waals surface area contributed by atoms with Crippen LogP contribution >= 0.6 is 22.6 Å². The molecule has 0 aromatic heterocycles. The van der Waals surface area contributed by atoms with Crippen LogP contribution in [0.2, 0.25) is 0 Å². The zero-order chi connectivity index (χ0) is 13.7. The summed E-state index contributed by atoms with van der Waals surface area (Å²) in [5.41, 5.74) is 1.96. The summed E-state index contributed by atoms with van der Waals surface area (Å²) < 4.78 is 0.968. The van der Waals surface area contributed by atoms with Crippen molar-refractivity contribution < 1.29 is 4.79 Å². The van der Waals surface area contributed by atoms with E-state index in [1.807, 2.05) is 30.3 Å². The van der Waals surface area contributed by atoms with Crippen molar-refractivity contribution in [2.75, 3.05) is 10.6 Å². The Morgan fingerprint density at radius 2 is 1.74 bits per heavy atom. The number of halogens is 1. The number of rotatable bonds is 2. The smallest absolute Gasteiger partial charge is 0.308 e.